The predicted octanol–water partition coefficient (Wildman–Crippen LogP) is 3.62. The second kappa shape index (κ2) is 8.89. The maximum atomic E-state index is 13.7. The van der Waals surface area contributed by atoms with Gasteiger partial charge < -0.3 is 14.2 Å². The minimum atomic E-state index is -1.05. The van der Waals surface area contributed by atoms with Crippen LogP contribution < -0.4 is 0 Å². The molecule has 1 aliphatic heterocycles. The minimum absolute atomic E-state index is 0.102. The summed E-state index contributed by atoms with van der Waals surface area (Å²) in [5, 5.41) is 4.22. The summed E-state index contributed by atoms with van der Waals surface area (Å²) >= 11 is 0. The van der Waals surface area contributed by atoms with Crippen LogP contribution in [0.2, 0.25) is 0 Å². The van der Waals surface area contributed by atoms with Gasteiger partial charge in [0.25, 0.3) is 11.8 Å². The number of carbonyl (C=O) groups excluding carboxylic acids is 1. The van der Waals surface area contributed by atoms with Crippen molar-refractivity contribution in [3.05, 3.63) is 65.7 Å². The highest BCUT2D eigenvalue weighted by molar-refractivity contribution is 5.94. The van der Waals surface area contributed by atoms with E-state index in [0.717, 1.165) is 18.6 Å². The quantitative estimate of drug-likeness (QED) is 0.597. The summed E-state index contributed by atoms with van der Waals surface area (Å²) in [5.74, 6) is -1.56. The number of hydrogen-bond acceptors (Lipinski definition) is 6. The fourth-order valence-electron chi connectivity index (χ4n) is 3.96. The van der Waals surface area contributed by atoms with Crippen LogP contribution in [0.25, 0.3) is 11.5 Å². The standard InChI is InChI=1S/C22H22F2N4O3/c1-30-11-8-22(21-26-19(31-27-21)16-4-2-9-25-13-16)7-3-10-28(14-22)20(29)15-5-6-17(23)18(24)12-15/h2,4-6,9,12-13H,3,7-8,10-11,14H2,1H3. The summed E-state index contributed by atoms with van der Waals surface area (Å²) in [7, 11) is 1.61. The molecule has 0 saturated carbocycles. The lowest BCUT2D eigenvalue weighted by molar-refractivity contribution is 0.0566. The highest BCUT2D eigenvalue weighted by Crippen LogP contribution is 2.37. The van der Waals surface area contributed by atoms with Crippen molar-refractivity contribution in [2.24, 2.45) is 0 Å². The molecule has 0 radical (unpaired) electrons. The Morgan fingerprint density at radius 2 is 2.16 bits per heavy atom. The second-order valence-corrected chi connectivity index (χ2v) is 7.65. The predicted molar refractivity (Wildman–Crippen MR) is 107 cm³/mol. The number of halogens is 2. The Labute approximate surface area is 178 Å². The van der Waals surface area contributed by atoms with Gasteiger partial charge in [0.15, 0.2) is 17.5 Å². The molecule has 1 atom stereocenters. The van der Waals surface area contributed by atoms with Gasteiger partial charge >= 0.3 is 0 Å². The molecule has 3 aromatic rings. The number of nitrogens with zero attached hydrogens (tertiary/aromatic N) is 4. The first-order valence-electron chi connectivity index (χ1n) is 10.0. The highest BCUT2D eigenvalue weighted by Gasteiger charge is 2.42. The van der Waals surface area contributed by atoms with E-state index < -0.39 is 17.0 Å². The second-order valence-electron chi connectivity index (χ2n) is 7.65. The largest absolute Gasteiger partial charge is 0.385 e. The first kappa shape index (κ1) is 21.0. The SMILES string of the molecule is COCCC1(c2noc(-c3cccnc3)n2)CCCN(C(=O)c2ccc(F)c(F)c2)C1. The normalized spacial score (nSPS) is 18.9. The number of methoxy groups -OCH3 is 1. The zero-order valence-corrected chi connectivity index (χ0v) is 17.1. The van der Waals surface area contributed by atoms with Crippen LogP contribution in [-0.2, 0) is 10.2 Å². The molecule has 1 unspecified atom stereocenters. The van der Waals surface area contributed by atoms with Crippen LogP contribution >= 0.6 is 0 Å². The van der Waals surface area contributed by atoms with Crippen LogP contribution in [0, 0.1) is 11.6 Å². The fraction of sp³-hybridized carbons (Fsp3) is 0.364. The zero-order chi connectivity index (χ0) is 21.8. The van der Waals surface area contributed by atoms with Crippen LogP contribution in [0.4, 0.5) is 8.78 Å². The van der Waals surface area contributed by atoms with Crippen LogP contribution in [0.5, 0.6) is 0 Å². The van der Waals surface area contributed by atoms with E-state index in [1.807, 2.05) is 6.07 Å². The minimum Gasteiger partial charge on any atom is -0.385 e. The van der Waals surface area contributed by atoms with Gasteiger partial charge in [-0.3, -0.25) is 9.78 Å². The Hall–Kier alpha value is -3.20. The molecular weight excluding hydrogens is 406 g/mol. The van der Waals surface area contributed by atoms with E-state index in [-0.39, 0.29) is 11.5 Å². The number of likely N-dealkylation sites (tertiary alicyclic amines) is 1. The fourth-order valence-corrected chi connectivity index (χ4v) is 3.96. The maximum absolute atomic E-state index is 13.7. The van der Waals surface area contributed by atoms with Crippen LogP contribution in [0.3, 0.4) is 0 Å². The summed E-state index contributed by atoms with van der Waals surface area (Å²) in [6.07, 6.45) is 5.32. The van der Waals surface area contributed by atoms with Crippen molar-refractivity contribution in [3.63, 3.8) is 0 Å². The Kier molecular flexibility index (Phi) is 6.03. The number of benzene rings is 1. The molecule has 1 aliphatic rings. The van der Waals surface area contributed by atoms with E-state index in [0.29, 0.717) is 49.8 Å². The number of amides is 1. The Bertz CT molecular complexity index is 1060. The van der Waals surface area contributed by atoms with Gasteiger partial charge in [-0.1, -0.05) is 5.16 Å². The van der Waals surface area contributed by atoms with Crippen molar-refractivity contribution < 1.29 is 22.8 Å². The van der Waals surface area contributed by atoms with Crippen LogP contribution in [-0.4, -0.2) is 52.7 Å². The lowest BCUT2D eigenvalue weighted by atomic mass is 9.76. The van der Waals surface area contributed by atoms with Crippen LogP contribution in [0.15, 0.2) is 47.2 Å². The third-order valence-corrected chi connectivity index (χ3v) is 5.62. The Balaban J connectivity index is 1.63. The molecule has 0 aliphatic carbocycles. The first-order valence-corrected chi connectivity index (χ1v) is 10.0. The summed E-state index contributed by atoms with van der Waals surface area (Å²) in [6.45, 7) is 1.27. The van der Waals surface area contributed by atoms with Gasteiger partial charge in [-0.25, -0.2) is 8.78 Å². The van der Waals surface area contributed by atoms with Crippen LogP contribution in [0.1, 0.15) is 35.4 Å². The van der Waals surface area contributed by atoms with Gasteiger partial charge in [-0.2, -0.15) is 4.98 Å². The molecule has 7 nitrogen and oxygen atoms in total. The van der Waals surface area contributed by atoms with Gasteiger partial charge in [0.1, 0.15) is 0 Å². The number of hydrogen-bond donors (Lipinski definition) is 0. The Morgan fingerprint density at radius 1 is 1.29 bits per heavy atom. The topological polar surface area (TPSA) is 81.3 Å². The molecule has 1 amide bonds. The van der Waals surface area contributed by atoms with E-state index in [2.05, 4.69) is 15.1 Å². The molecule has 1 fully saturated rings. The van der Waals surface area contributed by atoms with Crippen molar-refractivity contribution in [2.75, 3.05) is 26.8 Å². The molecule has 1 saturated heterocycles. The maximum Gasteiger partial charge on any atom is 0.259 e. The summed E-state index contributed by atoms with van der Waals surface area (Å²) in [5.41, 5.74) is 0.228. The van der Waals surface area contributed by atoms with Gasteiger partial charge in [-0.05, 0) is 49.6 Å². The molecule has 4 rings (SSSR count). The summed E-state index contributed by atoms with van der Waals surface area (Å²) in [4.78, 5) is 23.3. The van der Waals surface area contributed by atoms with Crippen molar-refractivity contribution in [2.45, 2.75) is 24.7 Å². The number of rotatable bonds is 6. The number of aromatic nitrogens is 3. The third kappa shape index (κ3) is 4.32. The molecule has 31 heavy (non-hydrogen) atoms. The third-order valence-electron chi connectivity index (χ3n) is 5.62. The zero-order valence-electron chi connectivity index (χ0n) is 17.1. The van der Waals surface area contributed by atoms with Gasteiger partial charge in [-0.15, -0.1) is 0 Å². The van der Waals surface area contributed by atoms with Gasteiger partial charge in [0.2, 0.25) is 0 Å². The highest BCUT2D eigenvalue weighted by atomic mass is 19.2. The molecule has 2 aromatic heterocycles. The first-order chi connectivity index (χ1) is 15.0. The molecule has 1 aromatic carbocycles. The van der Waals surface area contributed by atoms with Crippen molar-refractivity contribution in [1.29, 1.82) is 0 Å². The van der Waals surface area contributed by atoms with E-state index in [4.69, 9.17) is 9.26 Å². The van der Waals surface area contributed by atoms with Crippen molar-refractivity contribution in [1.82, 2.24) is 20.0 Å². The van der Waals surface area contributed by atoms with Crippen molar-refractivity contribution >= 4 is 5.91 Å². The van der Waals surface area contributed by atoms with E-state index >= 15 is 0 Å². The molecule has 0 spiro atoms. The van der Waals surface area contributed by atoms with E-state index in [1.165, 1.54) is 6.07 Å². The monoisotopic (exact) mass is 428 g/mol. The molecule has 0 N–H and O–H groups in total. The van der Waals surface area contributed by atoms with Gasteiger partial charge in [0.05, 0.1) is 11.0 Å². The average molecular weight is 428 g/mol. The number of ether oxygens (including phenoxy) is 1. The van der Waals surface area contributed by atoms with E-state index in [9.17, 15) is 13.6 Å². The Morgan fingerprint density at radius 3 is 2.90 bits per heavy atom. The van der Waals surface area contributed by atoms with E-state index in [1.54, 1.807) is 30.5 Å². The smallest absolute Gasteiger partial charge is 0.259 e. The summed E-state index contributed by atoms with van der Waals surface area (Å²) in [6, 6.07) is 6.79. The summed E-state index contributed by atoms with van der Waals surface area (Å²) < 4.78 is 37.7. The molecule has 9 heteroatoms. The number of carbonyl (C=O) groups is 1. The average Bonchev–Trinajstić information content (AvgIpc) is 3.31. The molecule has 162 valence electrons. The molecular formula is C22H22F2N4O3. The molecule has 0 bridgehead atoms. The lowest BCUT2D eigenvalue weighted by Crippen LogP contribution is -2.49. The lowest BCUT2D eigenvalue weighted by Gasteiger charge is -2.41. The number of piperidine rings is 1. The van der Waals surface area contributed by atoms with Crippen molar-refractivity contribution in [3.8, 4) is 11.5 Å². The van der Waals surface area contributed by atoms with Gasteiger partial charge in [0, 0.05) is 44.8 Å². The molecule has 3 heterocycles. The number of pyridine rings is 1.